The van der Waals surface area contributed by atoms with Crippen molar-refractivity contribution in [3.8, 4) is 11.5 Å². The number of aromatic nitrogens is 1. The first kappa shape index (κ1) is 12.5. The van der Waals surface area contributed by atoms with Gasteiger partial charge in [-0.25, -0.2) is 4.39 Å². The molecule has 0 amide bonds. The Morgan fingerprint density at radius 1 is 1.00 bits per heavy atom. The molecular weight excluding hydrogens is 261 g/mol. The van der Waals surface area contributed by atoms with Crippen LogP contribution in [0.2, 0.25) is 0 Å². The Labute approximate surface area is 113 Å². The molecule has 2 N–H and O–H groups in total. The van der Waals surface area contributed by atoms with E-state index in [1.54, 1.807) is 20.0 Å². The van der Waals surface area contributed by atoms with Crippen molar-refractivity contribution in [2.45, 2.75) is 6.92 Å². The van der Waals surface area contributed by atoms with Gasteiger partial charge in [-0.1, -0.05) is 0 Å². The molecule has 0 saturated heterocycles. The molecule has 2 aromatic carbocycles. The number of halogens is 1. The Morgan fingerprint density at radius 2 is 1.70 bits per heavy atom. The lowest BCUT2D eigenvalue weighted by Gasteiger charge is -2.11. The molecule has 0 atom stereocenters. The summed E-state index contributed by atoms with van der Waals surface area (Å²) in [4.78, 5) is 12.2. The van der Waals surface area contributed by atoms with Crippen molar-refractivity contribution >= 4 is 21.7 Å². The van der Waals surface area contributed by atoms with Crippen molar-refractivity contribution in [2.75, 3.05) is 0 Å². The normalized spacial score (nSPS) is 11.3. The molecule has 0 spiro atoms. The predicted octanol–water partition coefficient (Wildman–Crippen LogP) is 2.55. The maximum atomic E-state index is 13.6. The average Bonchev–Trinajstić information content (AvgIpc) is 2.41. The zero-order valence-electron chi connectivity index (χ0n) is 10.9. The van der Waals surface area contributed by atoms with Crippen LogP contribution in [0.1, 0.15) is 5.56 Å². The number of pyridine rings is 1. The average molecular weight is 273 g/mol. The molecular formula is C15H12FNO3. The second kappa shape index (κ2) is 3.96. The summed E-state index contributed by atoms with van der Waals surface area (Å²) in [5.74, 6) is -1.26. The van der Waals surface area contributed by atoms with Crippen molar-refractivity contribution in [2.24, 2.45) is 7.05 Å². The van der Waals surface area contributed by atoms with Gasteiger partial charge in [0.1, 0.15) is 5.75 Å². The lowest BCUT2D eigenvalue weighted by Crippen LogP contribution is -2.17. The number of benzene rings is 2. The van der Waals surface area contributed by atoms with Crippen LogP contribution in [0, 0.1) is 12.7 Å². The number of hydrogen-bond acceptors (Lipinski definition) is 3. The molecule has 3 rings (SSSR count). The van der Waals surface area contributed by atoms with Crippen LogP contribution >= 0.6 is 0 Å². The summed E-state index contributed by atoms with van der Waals surface area (Å²) in [6.45, 7) is 1.72. The van der Waals surface area contributed by atoms with E-state index < -0.39 is 11.6 Å². The number of aryl methyl sites for hydroxylation is 2. The van der Waals surface area contributed by atoms with Crippen molar-refractivity contribution in [3.63, 3.8) is 0 Å². The molecule has 3 aromatic rings. The molecule has 20 heavy (non-hydrogen) atoms. The Balaban J connectivity index is 2.68. The van der Waals surface area contributed by atoms with E-state index in [0.717, 1.165) is 12.1 Å². The minimum Gasteiger partial charge on any atom is -0.508 e. The third-order valence-corrected chi connectivity index (χ3v) is 3.59. The van der Waals surface area contributed by atoms with Crippen LogP contribution in [0.4, 0.5) is 4.39 Å². The minimum atomic E-state index is -0.780. The Kier molecular flexibility index (Phi) is 2.47. The molecule has 5 heteroatoms. The topological polar surface area (TPSA) is 62.5 Å². The van der Waals surface area contributed by atoms with Gasteiger partial charge in [0.2, 0.25) is 0 Å². The SMILES string of the molecule is Cc1cc2c3cc(F)c(O)cc3c(=O)n(C)c2cc1O. The maximum absolute atomic E-state index is 13.6. The third kappa shape index (κ3) is 1.56. The van der Waals surface area contributed by atoms with Crippen LogP contribution in [0.5, 0.6) is 11.5 Å². The fraction of sp³-hybridized carbons (Fsp3) is 0.133. The van der Waals surface area contributed by atoms with E-state index in [-0.39, 0.29) is 16.7 Å². The lowest BCUT2D eigenvalue weighted by atomic mass is 10.0. The summed E-state index contributed by atoms with van der Waals surface area (Å²) in [6, 6.07) is 5.46. The molecule has 0 saturated carbocycles. The summed E-state index contributed by atoms with van der Waals surface area (Å²) in [5.41, 5.74) is 0.785. The van der Waals surface area contributed by atoms with E-state index in [2.05, 4.69) is 0 Å². The van der Waals surface area contributed by atoms with E-state index in [1.807, 2.05) is 0 Å². The van der Waals surface area contributed by atoms with Crippen molar-refractivity contribution in [3.05, 3.63) is 46.0 Å². The molecule has 4 nitrogen and oxygen atoms in total. The first-order valence-electron chi connectivity index (χ1n) is 6.04. The van der Waals surface area contributed by atoms with Crippen LogP contribution < -0.4 is 5.56 Å². The van der Waals surface area contributed by atoms with E-state index >= 15 is 0 Å². The van der Waals surface area contributed by atoms with Gasteiger partial charge in [-0.2, -0.15) is 0 Å². The fourth-order valence-electron chi connectivity index (χ4n) is 2.43. The van der Waals surface area contributed by atoms with Gasteiger partial charge in [0, 0.05) is 18.5 Å². The molecule has 102 valence electrons. The van der Waals surface area contributed by atoms with Gasteiger partial charge in [-0.3, -0.25) is 4.79 Å². The number of hydrogen-bond donors (Lipinski definition) is 2. The van der Waals surface area contributed by atoms with Crippen molar-refractivity contribution < 1.29 is 14.6 Å². The molecule has 0 bridgehead atoms. The van der Waals surface area contributed by atoms with Crippen LogP contribution in [-0.2, 0) is 7.05 Å². The molecule has 1 aromatic heterocycles. The second-order valence-corrected chi connectivity index (χ2v) is 4.87. The largest absolute Gasteiger partial charge is 0.508 e. The predicted molar refractivity (Wildman–Crippen MR) is 74.7 cm³/mol. The number of aromatic hydroxyl groups is 2. The molecule has 1 heterocycles. The van der Waals surface area contributed by atoms with Gasteiger partial charge in [-0.15, -0.1) is 0 Å². The second-order valence-electron chi connectivity index (χ2n) is 4.87. The number of rotatable bonds is 0. The van der Waals surface area contributed by atoms with Gasteiger partial charge < -0.3 is 14.8 Å². The summed E-state index contributed by atoms with van der Waals surface area (Å²) in [6.07, 6.45) is 0. The highest BCUT2D eigenvalue weighted by Gasteiger charge is 2.13. The van der Waals surface area contributed by atoms with Crippen LogP contribution in [-0.4, -0.2) is 14.8 Å². The smallest absolute Gasteiger partial charge is 0.258 e. The van der Waals surface area contributed by atoms with Gasteiger partial charge in [0.05, 0.1) is 10.9 Å². The zero-order chi connectivity index (χ0) is 14.6. The summed E-state index contributed by atoms with van der Waals surface area (Å²) >= 11 is 0. The summed E-state index contributed by atoms with van der Waals surface area (Å²) in [7, 11) is 1.57. The highest BCUT2D eigenvalue weighted by atomic mass is 19.1. The lowest BCUT2D eigenvalue weighted by molar-refractivity contribution is 0.433. The summed E-state index contributed by atoms with van der Waals surface area (Å²) < 4.78 is 14.9. The van der Waals surface area contributed by atoms with Crippen LogP contribution in [0.25, 0.3) is 21.7 Å². The number of nitrogens with zero attached hydrogens (tertiary/aromatic N) is 1. The van der Waals surface area contributed by atoms with Gasteiger partial charge in [0.25, 0.3) is 5.56 Å². The Hall–Kier alpha value is -2.56. The Morgan fingerprint density at radius 3 is 2.40 bits per heavy atom. The van der Waals surface area contributed by atoms with Crippen molar-refractivity contribution in [1.82, 2.24) is 4.57 Å². The molecule has 0 fully saturated rings. The molecule has 0 unspecified atom stereocenters. The highest BCUT2D eigenvalue weighted by molar-refractivity contribution is 6.06. The van der Waals surface area contributed by atoms with E-state index in [9.17, 15) is 19.4 Å². The monoisotopic (exact) mass is 273 g/mol. The summed E-state index contributed by atoms with van der Waals surface area (Å²) in [5, 5.41) is 20.5. The quantitative estimate of drug-likeness (QED) is 0.619. The first-order valence-corrected chi connectivity index (χ1v) is 6.04. The third-order valence-electron chi connectivity index (χ3n) is 3.59. The van der Waals surface area contributed by atoms with Gasteiger partial charge in [0.15, 0.2) is 11.6 Å². The zero-order valence-corrected chi connectivity index (χ0v) is 10.9. The van der Waals surface area contributed by atoms with E-state index in [0.29, 0.717) is 21.9 Å². The van der Waals surface area contributed by atoms with Gasteiger partial charge >= 0.3 is 0 Å². The minimum absolute atomic E-state index is 0.0751. The van der Waals surface area contributed by atoms with Crippen molar-refractivity contribution in [1.29, 1.82) is 0 Å². The number of fused-ring (bicyclic) bond motifs is 3. The number of phenolic OH excluding ortho intramolecular Hbond substituents is 2. The highest BCUT2D eigenvalue weighted by Crippen LogP contribution is 2.31. The van der Waals surface area contributed by atoms with E-state index in [4.69, 9.17) is 0 Å². The van der Waals surface area contributed by atoms with Crippen LogP contribution in [0.3, 0.4) is 0 Å². The molecule has 0 aliphatic rings. The Bertz CT molecular complexity index is 928. The fourth-order valence-corrected chi connectivity index (χ4v) is 2.43. The maximum Gasteiger partial charge on any atom is 0.258 e. The van der Waals surface area contributed by atoms with E-state index in [1.165, 1.54) is 10.6 Å². The van der Waals surface area contributed by atoms with Crippen LogP contribution in [0.15, 0.2) is 29.1 Å². The first-order chi connectivity index (χ1) is 9.40. The molecule has 0 radical (unpaired) electrons. The molecule has 0 aliphatic heterocycles. The number of phenols is 2. The standard InChI is InChI=1S/C15H12FNO3/c1-7-3-9-8-4-11(16)14(19)5-10(8)15(20)17(2)12(9)6-13(7)18/h3-6,18-19H,1-2H3. The van der Waals surface area contributed by atoms with Gasteiger partial charge in [-0.05, 0) is 36.1 Å². The molecule has 0 aliphatic carbocycles.